The van der Waals surface area contributed by atoms with Gasteiger partial charge in [-0.15, -0.1) is 4.40 Å². The van der Waals surface area contributed by atoms with Crippen LogP contribution in [0.1, 0.15) is 17.7 Å². The van der Waals surface area contributed by atoms with Gasteiger partial charge in [0.1, 0.15) is 16.3 Å². The van der Waals surface area contributed by atoms with Crippen LogP contribution in [0, 0.1) is 0 Å². The molecule has 9 heteroatoms. The van der Waals surface area contributed by atoms with Gasteiger partial charge in [0, 0.05) is 44.3 Å². The van der Waals surface area contributed by atoms with Crippen molar-refractivity contribution >= 4 is 21.8 Å². The van der Waals surface area contributed by atoms with Gasteiger partial charge in [-0.3, -0.25) is 4.79 Å². The van der Waals surface area contributed by atoms with Crippen LogP contribution in [-0.4, -0.2) is 62.3 Å². The van der Waals surface area contributed by atoms with E-state index >= 15 is 0 Å². The Morgan fingerprint density at radius 2 is 1.75 bits per heavy atom. The second kappa shape index (κ2) is 8.96. The zero-order valence-electron chi connectivity index (χ0n) is 17.9. The van der Waals surface area contributed by atoms with Crippen LogP contribution in [0.4, 0.5) is 0 Å². The van der Waals surface area contributed by atoms with Crippen LogP contribution in [0.25, 0.3) is 11.3 Å². The first-order valence-electron chi connectivity index (χ1n) is 10.3. The van der Waals surface area contributed by atoms with Gasteiger partial charge >= 0.3 is 0 Å². The fourth-order valence-corrected chi connectivity index (χ4v) is 4.80. The summed E-state index contributed by atoms with van der Waals surface area (Å²) in [6.45, 7) is 0.565. The SMILES string of the molecule is CN(CCCc1cc(-c2ccccc2)no1)C(=O)CN(C)C1=NS(=O)(=O)c2ccccc21. The van der Waals surface area contributed by atoms with Gasteiger partial charge in [-0.1, -0.05) is 47.6 Å². The van der Waals surface area contributed by atoms with E-state index in [2.05, 4.69) is 9.55 Å². The van der Waals surface area contributed by atoms with Gasteiger partial charge in [0.2, 0.25) is 5.91 Å². The number of benzene rings is 2. The summed E-state index contributed by atoms with van der Waals surface area (Å²) in [5.74, 6) is 0.931. The molecule has 166 valence electrons. The molecule has 0 aliphatic carbocycles. The van der Waals surface area contributed by atoms with E-state index in [-0.39, 0.29) is 23.2 Å². The number of aryl methyl sites for hydroxylation is 1. The molecule has 2 aromatic carbocycles. The number of hydrogen-bond acceptors (Lipinski definition) is 6. The van der Waals surface area contributed by atoms with E-state index in [4.69, 9.17) is 4.52 Å². The Morgan fingerprint density at radius 3 is 2.53 bits per heavy atom. The minimum Gasteiger partial charge on any atom is -0.361 e. The Kier molecular flexibility index (Phi) is 6.09. The number of carbonyl (C=O) groups excluding carboxylic acids is 1. The number of nitrogens with zero attached hydrogens (tertiary/aromatic N) is 4. The van der Waals surface area contributed by atoms with Gasteiger partial charge in [0.25, 0.3) is 10.0 Å². The molecular formula is C23H24N4O4S. The molecule has 0 N–H and O–H groups in total. The van der Waals surface area contributed by atoms with Crippen molar-refractivity contribution in [2.24, 2.45) is 4.40 Å². The van der Waals surface area contributed by atoms with Crippen molar-refractivity contribution in [1.29, 1.82) is 0 Å². The van der Waals surface area contributed by atoms with E-state index in [9.17, 15) is 13.2 Å². The molecule has 3 aromatic rings. The summed E-state index contributed by atoms with van der Waals surface area (Å²) in [6, 6.07) is 18.4. The molecule has 0 saturated heterocycles. The van der Waals surface area contributed by atoms with Crippen molar-refractivity contribution in [3.63, 3.8) is 0 Å². The second-order valence-electron chi connectivity index (χ2n) is 7.71. The Hall–Kier alpha value is -3.46. The quantitative estimate of drug-likeness (QED) is 0.547. The van der Waals surface area contributed by atoms with Gasteiger partial charge in [0.05, 0.1) is 6.54 Å². The highest BCUT2D eigenvalue weighted by Gasteiger charge is 2.31. The zero-order valence-corrected chi connectivity index (χ0v) is 18.7. The molecule has 1 aliphatic heterocycles. The molecule has 0 unspecified atom stereocenters. The first-order chi connectivity index (χ1) is 15.3. The minimum absolute atomic E-state index is 0.0274. The first-order valence-corrected chi connectivity index (χ1v) is 11.7. The number of amides is 1. The van der Waals surface area contributed by atoms with Crippen LogP contribution in [0.2, 0.25) is 0 Å². The number of aromatic nitrogens is 1. The molecule has 0 spiro atoms. The largest absolute Gasteiger partial charge is 0.361 e. The summed E-state index contributed by atoms with van der Waals surface area (Å²) in [5.41, 5.74) is 2.31. The number of hydrogen-bond donors (Lipinski definition) is 0. The summed E-state index contributed by atoms with van der Waals surface area (Å²) < 4.78 is 33.7. The van der Waals surface area contributed by atoms with Crippen LogP contribution in [0.15, 0.2) is 74.5 Å². The molecule has 0 saturated carbocycles. The number of carbonyl (C=O) groups is 1. The zero-order chi connectivity index (χ0) is 22.7. The number of likely N-dealkylation sites (N-methyl/N-ethyl adjacent to an activating group) is 2. The van der Waals surface area contributed by atoms with Gasteiger partial charge < -0.3 is 14.3 Å². The van der Waals surface area contributed by atoms with E-state index in [0.717, 1.165) is 17.0 Å². The number of amidine groups is 1. The third kappa shape index (κ3) is 4.57. The predicted molar refractivity (Wildman–Crippen MR) is 121 cm³/mol. The highest BCUT2D eigenvalue weighted by atomic mass is 32.2. The number of sulfonamides is 1. The van der Waals surface area contributed by atoms with Gasteiger partial charge in [-0.2, -0.15) is 8.42 Å². The molecule has 2 heterocycles. The average Bonchev–Trinajstić information content (AvgIpc) is 3.37. The fourth-order valence-electron chi connectivity index (χ4n) is 3.55. The average molecular weight is 453 g/mol. The van der Waals surface area contributed by atoms with Gasteiger partial charge in [-0.25, -0.2) is 0 Å². The molecule has 1 amide bonds. The fraction of sp³-hybridized carbons (Fsp3) is 0.261. The van der Waals surface area contributed by atoms with E-state index in [1.54, 1.807) is 42.1 Å². The van der Waals surface area contributed by atoms with E-state index in [1.807, 2.05) is 36.4 Å². The van der Waals surface area contributed by atoms with E-state index < -0.39 is 10.0 Å². The molecule has 8 nitrogen and oxygen atoms in total. The molecular weight excluding hydrogens is 428 g/mol. The summed E-state index contributed by atoms with van der Waals surface area (Å²) >= 11 is 0. The van der Waals surface area contributed by atoms with Crippen molar-refractivity contribution in [3.8, 4) is 11.3 Å². The van der Waals surface area contributed by atoms with Crippen LogP contribution in [0.3, 0.4) is 0 Å². The monoisotopic (exact) mass is 452 g/mol. The van der Waals surface area contributed by atoms with Crippen molar-refractivity contribution in [1.82, 2.24) is 15.0 Å². The summed E-state index contributed by atoms with van der Waals surface area (Å²) in [6.07, 6.45) is 1.37. The molecule has 0 radical (unpaired) electrons. The molecule has 4 rings (SSSR count). The smallest absolute Gasteiger partial charge is 0.285 e. The third-order valence-electron chi connectivity index (χ3n) is 5.32. The normalized spacial score (nSPS) is 14.0. The molecule has 1 aliphatic rings. The van der Waals surface area contributed by atoms with Crippen LogP contribution in [-0.2, 0) is 21.2 Å². The van der Waals surface area contributed by atoms with Gasteiger partial charge in [-0.05, 0) is 18.6 Å². The topological polar surface area (TPSA) is 96.1 Å². The molecule has 0 fully saturated rings. The van der Waals surface area contributed by atoms with Crippen LogP contribution >= 0.6 is 0 Å². The van der Waals surface area contributed by atoms with E-state index in [1.165, 1.54) is 6.07 Å². The predicted octanol–water partition coefficient (Wildman–Crippen LogP) is 2.81. The van der Waals surface area contributed by atoms with Gasteiger partial charge in [0.15, 0.2) is 5.84 Å². The van der Waals surface area contributed by atoms with Crippen LogP contribution < -0.4 is 0 Å². The molecule has 32 heavy (non-hydrogen) atoms. The van der Waals surface area contributed by atoms with Crippen molar-refractivity contribution in [3.05, 3.63) is 72.0 Å². The Balaban J connectivity index is 1.30. The summed E-state index contributed by atoms with van der Waals surface area (Å²) in [5, 5.41) is 4.11. The highest BCUT2D eigenvalue weighted by Crippen LogP contribution is 2.27. The Bertz CT molecular complexity index is 1250. The van der Waals surface area contributed by atoms with Crippen LogP contribution in [0.5, 0.6) is 0 Å². The third-order valence-corrected chi connectivity index (χ3v) is 6.64. The highest BCUT2D eigenvalue weighted by molar-refractivity contribution is 7.90. The number of rotatable bonds is 7. The summed E-state index contributed by atoms with van der Waals surface area (Å²) in [7, 11) is -0.316. The molecule has 1 aromatic heterocycles. The standard InChI is InChI=1S/C23H24N4O4S/c1-26(14-8-11-18-15-20(24-31-18)17-9-4-3-5-10-17)22(28)16-27(2)23-19-12-6-7-13-21(19)32(29,30)25-23/h3-7,9-10,12-13,15H,8,11,14,16H2,1-2H3. The van der Waals surface area contributed by atoms with Crippen molar-refractivity contribution in [2.45, 2.75) is 17.7 Å². The second-order valence-corrected chi connectivity index (χ2v) is 9.28. The lowest BCUT2D eigenvalue weighted by molar-refractivity contribution is -0.130. The maximum absolute atomic E-state index is 12.7. The van der Waals surface area contributed by atoms with E-state index in [0.29, 0.717) is 24.9 Å². The number of fused-ring (bicyclic) bond motifs is 1. The molecule has 0 atom stereocenters. The maximum Gasteiger partial charge on any atom is 0.285 e. The van der Waals surface area contributed by atoms with Crippen molar-refractivity contribution < 1.29 is 17.7 Å². The maximum atomic E-state index is 12.7. The molecule has 0 bridgehead atoms. The Labute approximate surface area is 187 Å². The lowest BCUT2D eigenvalue weighted by Gasteiger charge is -2.23. The lowest BCUT2D eigenvalue weighted by atomic mass is 10.1. The van der Waals surface area contributed by atoms with Crippen molar-refractivity contribution in [2.75, 3.05) is 27.2 Å². The minimum atomic E-state index is -3.71. The Morgan fingerprint density at radius 1 is 1.03 bits per heavy atom. The lowest BCUT2D eigenvalue weighted by Crippen LogP contribution is -2.39. The first kappa shape index (κ1) is 21.8. The summed E-state index contributed by atoms with van der Waals surface area (Å²) in [4.78, 5) is 16.0.